The number of nitrogens with one attached hydrogen (secondary N) is 1. The van der Waals surface area contributed by atoms with Gasteiger partial charge in [-0.3, -0.25) is 9.89 Å². The lowest BCUT2D eigenvalue weighted by molar-refractivity contribution is -0.133. The molecule has 5 heteroatoms. The number of carbonyl (C=O) groups excluding carboxylic acids is 1. The van der Waals surface area contributed by atoms with E-state index in [0.717, 1.165) is 54.7 Å². The number of piperidine rings is 1. The fourth-order valence-corrected chi connectivity index (χ4v) is 3.61. The van der Waals surface area contributed by atoms with Crippen LogP contribution >= 0.6 is 11.6 Å². The number of nitrogens with zero attached hydrogens (tertiary/aromatic N) is 2. The standard InChI is InChI=1S/C16H18ClN3O/c17-12-7-13(14-9-18-19-15(14)8-12)10-3-5-20(6-4-10)16(21)11-1-2-11/h7-11H,1-6H2,(H,18,19). The first-order valence-corrected chi connectivity index (χ1v) is 8.01. The Morgan fingerprint density at radius 2 is 2.00 bits per heavy atom. The van der Waals surface area contributed by atoms with Gasteiger partial charge in [0.05, 0.1) is 11.7 Å². The van der Waals surface area contributed by atoms with Crippen LogP contribution in [0, 0.1) is 5.92 Å². The molecule has 4 nitrogen and oxygen atoms in total. The zero-order valence-electron chi connectivity index (χ0n) is 11.8. The quantitative estimate of drug-likeness (QED) is 0.925. The van der Waals surface area contributed by atoms with Gasteiger partial charge in [-0.1, -0.05) is 11.6 Å². The van der Waals surface area contributed by atoms with Crippen LogP contribution in [-0.2, 0) is 4.79 Å². The summed E-state index contributed by atoms with van der Waals surface area (Å²) in [4.78, 5) is 14.2. The predicted molar refractivity (Wildman–Crippen MR) is 82.4 cm³/mol. The molecular formula is C16H18ClN3O. The molecule has 0 radical (unpaired) electrons. The second kappa shape index (κ2) is 5.02. The van der Waals surface area contributed by atoms with Gasteiger partial charge in [0.15, 0.2) is 0 Å². The highest BCUT2D eigenvalue weighted by Gasteiger charge is 2.35. The molecule has 1 N–H and O–H groups in total. The second-order valence-electron chi connectivity index (χ2n) is 6.20. The molecule has 2 aliphatic rings. The van der Waals surface area contributed by atoms with Crippen molar-refractivity contribution in [3.8, 4) is 0 Å². The molecule has 0 unspecified atom stereocenters. The summed E-state index contributed by atoms with van der Waals surface area (Å²) in [6, 6.07) is 3.97. The Bertz CT molecular complexity index is 684. The van der Waals surface area contributed by atoms with Crippen LogP contribution in [0.1, 0.15) is 37.2 Å². The summed E-state index contributed by atoms with van der Waals surface area (Å²) in [5.41, 5.74) is 2.26. The van der Waals surface area contributed by atoms with Crippen molar-refractivity contribution in [3.63, 3.8) is 0 Å². The van der Waals surface area contributed by atoms with Gasteiger partial charge in [0.1, 0.15) is 0 Å². The fourth-order valence-electron chi connectivity index (χ4n) is 3.38. The number of amides is 1. The maximum absolute atomic E-state index is 12.1. The zero-order chi connectivity index (χ0) is 14.4. The molecule has 1 aromatic heterocycles. The van der Waals surface area contributed by atoms with E-state index in [4.69, 9.17) is 11.6 Å². The van der Waals surface area contributed by atoms with E-state index in [0.29, 0.717) is 17.7 Å². The van der Waals surface area contributed by atoms with Crippen LogP contribution in [0.15, 0.2) is 18.3 Å². The van der Waals surface area contributed by atoms with Crippen molar-refractivity contribution in [3.05, 3.63) is 28.9 Å². The molecule has 1 saturated heterocycles. The number of carbonyl (C=O) groups is 1. The van der Waals surface area contributed by atoms with E-state index in [1.807, 2.05) is 17.2 Å². The van der Waals surface area contributed by atoms with Gasteiger partial charge < -0.3 is 4.90 Å². The SMILES string of the molecule is O=C(C1CC1)N1CCC(c2cc(Cl)cc3[nH]ncc23)CC1. The number of benzene rings is 1. The van der Waals surface area contributed by atoms with E-state index in [1.165, 1.54) is 5.56 Å². The molecule has 110 valence electrons. The number of aromatic nitrogens is 2. The second-order valence-corrected chi connectivity index (χ2v) is 6.64. The molecule has 1 aromatic carbocycles. The summed E-state index contributed by atoms with van der Waals surface area (Å²) in [5, 5.41) is 9.02. The Kier molecular flexibility index (Phi) is 3.14. The minimum Gasteiger partial charge on any atom is -0.342 e. The molecule has 2 heterocycles. The molecular weight excluding hydrogens is 286 g/mol. The van der Waals surface area contributed by atoms with Gasteiger partial charge in [-0.05, 0) is 49.3 Å². The third-order valence-corrected chi connectivity index (χ3v) is 4.95. The van der Waals surface area contributed by atoms with E-state index >= 15 is 0 Å². The summed E-state index contributed by atoms with van der Waals surface area (Å²) in [7, 11) is 0. The van der Waals surface area contributed by atoms with Gasteiger partial charge in [-0.2, -0.15) is 5.10 Å². The fraction of sp³-hybridized carbons (Fsp3) is 0.500. The molecule has 0 bridgehead atoms. The van der Waals surface area contributed by atoms with Crippen molar-refractivity contribution < 1.29 is 4.79 Å². The van der Waals surface area contributed by atoms with Gasteiger partial charge in [-0.15, -0.1) is 0 Å². The first kappa shape index (κ1) is 13.1. The lowest BCUT2D eigenvalue weighted by Crippen LogP contribution is -2.38. The average Bonchev–Trinajstić information content (AvgIpc) is 3.24. The Morgan fingerprint density at radius 3 is 2.71 bits per heavy atom. The predicted octanol–water partition coefficient (Wildman–Crippen LogP) is 3.33. The molecule has 2 fully saturated rings. The minimum absolute atomic E-state index is 0.327. The summed E-state index contributed by atoms with van der Waals surface area (Å²) in [5.74, 6) is 1.16. The molecule has 1 aliphatic carbocycles. The van der Waals surface area contributed by atoms with E-state index in [-0.39, 0.29) is 0 Å². The molecule has 1 amide bonds. The summed E-state index contributed by atoms with van der Waals surface area (Å²) in [6.07, 6.45) is 6.08. The Hall–Kier alpha value is -1.55. The molecule has 1 saturated carbocycles. The third-order valence-electron chi connectivity index (χ3n) is 4.73. The van der Waals surface area contributed by atoms with Crippen molar-refractivity contribution in [2.75, 3.05) is 13.1 Å². The molecule has 0 spiro atoms. The van der Waals surface area contributed by atoms with Crippen LogP contribution in [-0.4, -0.2) is 34.1 Å². The normalized spacial score (nSPS) is 20.1. The van der Waals surface area contributed by atoms with Crippen molar-refractivity contribution in [2.45, 2.75) is 31.6 Å². The number of hydrogen-bond donors (Lipinski definition) is 1. The van der Waals surface area contributed by atoms with Crippen molar-refractivity contribution in [1.82, 2.24) is 15.1 Å². The van der Waals surface area contributed by atoms with Crippen molar-refractivity contribution in [2.24, 2.45) is 5.92 Å². The maximum Gasteiger partial charge on any atom is 0.225 e. The number of H-pyrrole nitrogens is 1. The number of hydrogen-bond acceptors (Lipinski definition) is 2. The van der Waals surface area contributed by atoms with Crippen LogP contribution in [0.5, 0.6) is 0 Å². The van der Waals surface area contributed by atoms with Crippen LogP contribution in [0.25, 0.3) is 10.9 Å². The lowest BCUT2D eigenvalue weighted by atomic mass is 9.87. The van der Waals surface area contributed by atoms with Gasteiger partial charge in [0, 0.05) is 29.4 Å². The number of halogens is 1. The van der Waals surface area contributed by atoms with Crippen LogP contribution in [0.3, 0.4) is 0 Å². The summed E-state index contributed by atoms with van der Waals surface area (Å²) < 4.78 is 0. The zero-order valence-corrected chi connectivity index (χ0v) is 12.6. The number of likely N-dealkylation sites (tertiary alicyclic amines) is 1. The summed E-state index contributed by atoms with van der Waals surface area (Å²) >= 11 is 6.22. The molecule has 0 atom stereocenters. The summed E-state index contributed by atoms with van der Waals surface area (Å²) in [6.45, 7) is 1.73. The largest absolute Gasteiger partial charge is 0.342 e. The highest BCUT2D eigenvalue weighted by atomic mass is 35.5. The Labute approximate surface area is 128 Å². The van der Waals surface area contributed by atoms with E-state index < -0.39 is 0 Å². The minimum atomic E-state index is 0.327. The number of fused-ring (bicyclic) bond motifs is 1. The van der Waals surface area contributed by atoms with Gasteiger partial charge >= 0.3 is 0 Å². The van der Waals surface area contributed by atoms with Gasteiger partial charge in [0.2, 0.25) is 5.91 Å². The Balaban J connectivity index is 1.54. The highest BCUT2D eigenvalue weighted by molar-refractivity contribution is 6.31. The molecule has 21 heavy (non-hydrogen) atoms. The number of aromatic amines is 1. The third kappa shape index (κ3) is 2.42. The average molecular weight is 304 g/mol. The van der Waals surface area contributed by atoms with E-state index in [2.05, 4.69) is 16.3 Å². The van der Waals surface area contributed by atoms with Gasteiger partial charge in [-0.25, -0.2) is 0 Å². The van der Waals surface area contributed by atoms with Crippen molar-refractivity contribution >= 4 is 28.4 Å². The van der Waals surface area contributed by atoms with Crippen molar-refractivity contribution in [1.29, 1.82) is 0 Å². The monoisotopic (exact) mass is 303 g/mol. The highest BCUT2D eigenvalue weighted by Crippen LogP contribution is 2.37. The maximum atomic E-state index is 12.1. The topological polar surface area (TPSA) is 49.0 Å². The molecule has 2 aromatic rings. The molecule has 4 rings (SSSR count). The first-order chi connectivity index (χ1) is 10.2. The first-order valence-electron chi connectivity index (χ1n) is 7.63. The smallest absolute Gasteiger partial charge is 0.225 e. The Morgan fingerprint density at radius 1 is 1.24 bits per heavy atom. The van der Waals surface area contributed by atoms with Crippen LogP contribution in [0.4, 0.5) is 0 Å². The van der Waals surface area contributed by atoms with E-state index in [1.54, 1.807) is 0 Å². The molecule has 1 aliphatic heterocycles. The van der Waals surface area contributed by atoms with Crippen LogP contribution < -0.4 is 0 Å². The van der Waals surface area contributed by atoms with Crippen LogP contribution in [0.2, 0.25) is 5.02 Å². The van der Waals surface area contributed by atoms with E-state index in [9.17, 15) is 4.79 Å². The number of rotatable bonds is 2. The van der Waals surface area contributed by atoms with Gasteiger partial charge in [0.25, 0.3) is 0 Å². The lowest BCUT2D eigenvalue weighted by Gasteiger charge is -2.32.